The molecule has 5 heteroatoms. The van der Waals surface area contributed by atoms with Crippen LogP contribution in [0.2, 0.25) is 0 Å². The molecule has 0 aliphatic rings. The minimum Gasteiger partial charge on any atom is -0.323 e. The van der Waals surface area contributed by atoms with E-state index >= 15 is 0 Å². The summed E-state index contributed by atoms with van der Waals surface area (Å²) in [5.41, 5.74) is -0.0412. The zero-order valence-corrected chi connectivity index (χ0v) is 7.44. The van der Waals surface area contributed by atoms with Crippen molar-refractivity contribution in [1.29, 1.82) is 0 Å². The van der Waals surface area contributed by atoms with E-state index in [4.69, 9.17) is 0 Å². The second-order valence-corrected chi connectivity index (χ2v) is 2.65. The SMILES string of the molecule is O=C(CS)Nc1ccc(F)cc1F. The highest BCUT2D eigenvalue weighted by molar-refractivity contribution is 7.81. The molecular formula is C8H7F2NOS. The summed E-state index contributed by atoms with van der Waals surface area (Å²) in [4.78, 5) is 10.8. The van der Waals surface area contributed by atoms with Gasteiger partial charge in [-0.15, -0.1) is 0 Å². The lowest BCUT2D eigenvalue weighted by Crippen LogP contribution is -2.13. The van der Waals surface area contributed by atoms with Crippen LogP contribution in [0.3, 0.4) is 0 Å². The zero-order valence-electron chi connectivity index (χ0n) is 6.55. The molecule has 0 heterocycles. The predicted octanol–water partition coefficient (Wildman–Crippen LogP) is 1.83. The number of halogens is 2. The Hall–Kier alpha value is -1.10. The first-order valence-electron chi connectivity index (χ1n) is 3.49. The summed E-state index contributed by atoms with van der Waals surface area (Å²) in [6.45, 7) is 0. The van der Waals surface area contributed by atoms with Crippen molar-refractivity contribution in [3.05, 3.63) is 29.8 Å². The average molecular weight is 203 g/mol. The molecule has 0 saturated carbocycles. The maximum Gasteiger partial charge on any atom is 0.234 e. The summed E-state index contributed by atoms with van der Waals surface area (Å²) >= 11 is 3.69. The molecule has 0 fully saturated rings. The Morgan fingerprint density at radius 3 is 2.69 bits per heavy atom. The van der Waals surface area contributed by atoms with Gasteiger partial charge in [0.15, 0.2) is 0 Å². The molecule has 0 radical (unpaired) electrons. The number of thiol groups is 1. The zero-order chi connectivity index (χ0) is 9.84. The normalized spacial score (nSPS) is 9.77. The summed E-state index contributed by atoms with van der Waals surface area (Å²) < 4.78 is 25.3. The highest BCUT2D eigenvalue weighted by Gasteiger charge is 2.05. The molecule has 1 N–H and O–H groups in total. The van der Waals surface area contributed by atoms with Crippen LogP contribution in [0.4, 0.5) is 14.5 Å². The number of carbonyl (C=O) groups excluding carboxylic acids is 1. The van der Waals surface area contributed by atoms with Crippen LogP contribution >= 0.6 is 12.6 Å². The van der Waals surface area contributed by atoms with Crippen molar-refractivity contribution in [1.82, 2.24) is 0 Å². The Labute approximate surface area is 79.4 Å². The van der Waals surface area contributed by atoms with Crippen molar-refractivity contribution in [3.63, 3.8) is 0 Å². The largest absolute Gasteiger partial charge is 0.323 e. The summed E-state index contributed by atoms with van der Waals surface area (Å²) in [5.74, 6) is -1.96. The molecule has 13 heavy (non-hydrogen) atoms. The topological polar surface area (TPSA) is 29.1 Å². The predicted molar refractivity (Wildman–Crippen MR) is 48.8 cm³/mol. The average Bonchev–Trinajstić information content (AvgIpc) is 2.09. The molecule has 0 atom stereocenters. The molecule has 0 unspecified atom stereocenters. The van der Waals surface area contributed by atoms with E-state index in [2.05, 4.69) is 17.9 Å². The Bertz CT molecular complexity index is 330. The summed E-state index contributed by atoms with van der Waals surface area (Å²) in [6.07, 6.45) is 0. The quantitative estimate of drug-likeness (QED) is 0.705. The van der Waals surface area contributed by atoms with Crippen molar-refractivity contribution in [2.24, 2.45) is 0 Å². The minimum atomic E-state index is -0.796. The van der Waals surface area contributed by atoms with E-state index in [1.165, 1.54) is 0 Å². The Kier molecular flexibility index (Phi) is 3.25. The maximum atomic E-state index is 12.9. The lowest BCUT2D eigenvalue weighted by Gasteiger charge is -2.03. The molecule has 1 aromatic carbocycles. The molecule has 70 valence electrons. The van der Waals surface area contributed by atoms with Gasteiger partial charge < -0.3 is 5.32 Å². The second kappa shape index (κ2) is 4.23. The molecule has 0 aliphatic carbocycles. The van der Waals surface area contributed by atoms with Crippen molar-refractivity contribution in [3.8, 4) is 0 Å². The van der Waals surface area contributed by atoms with Gasteiger partial charge in [-0.3, -0.25) is 4.79 Å². The molecule has 0 saturated heterocycles. The number of carbonyl (C=O) groups is 1. The van der Waals surface area contributed by atoms with Crippen molar-refractivity contribution >= 4 is 24.2 Å². The number of rotatable bonds is 2. The third-order valence-electron chi connectivity index (χ3n) is 1.35. The Morgan fingerprint density at radius 1 is 1.46 bits per heavy atom. The van der Waals surface area contributed by atoms with Gasteiger partial charge in [0.05, 0.1) is 11.4 Å². The van der Waals surface area contributed by atoms with Crippen LogP contribution in [0.15, 0.2) is 18.2 Å². The molecule has 2 nitrogen and oxygen atoms in total. The van der Waals surface area contributed by atoms with Gasteiger partial charge in [0, 0.05) is 6.07 Å². The molecule has 0 aromatic heterocycles. The number of benzene rings is 1. The summed E-state index contributed by atoms with van der Waals surface area (Å²) in [7, 11) is 0. The van der Waals surface area contributed by atoms with Crippen molar-refractivity contribution in [2.45, 2.75) is 0 Å². The fourth-order valence-electron chi connectivity index (χ4n) is 0.781. The van der Waals surface area contributed by atoms with Gasteiger partial charge in [-0.25, -0.2) is 8.78 Å². The Balaban J connectivity index is 2.83. The van der Waals surface area contributed by atoms with E-state index < -0.39 is 17.5 Å². The van der Waals surface area contributed by atoms with E-state index in [0.29, 0.717) is 6.07 Å². The van der Waals surface area contributed by atoms with E-state index in [-0.39, 0.29) is 11.4 Å². The van der Waals surface area contributed by atoms with Gasteiger partial charge in [-0.2, -0.15) is 12.6 Å². The molecule has 0 spiro atoms. The van der Waals surface area contributed by atoms with Crippen molar-refractivity contribution in [2.75, 3.05) is 11.1 Å². The number of anilines is 1. The fraction of sp³-hybridized carbons (Fsp3) is 0.125. The highest BCUT2D eigenvalue weighted by Crippen LogP contribution is 2.14. The molecule has 1 aromatic rings. The number of nitrogens with one attached hydrogen (secondary N) is 1. The van der Waals surface area contributed by atoms with Gasteiger partial charge >= 0.3 is 0 Å². The van der Waals surface area contributed by atoms with E-state index in [9.17, 15) is 13.6 Å². The van der Waals surface area contributed by atoms with Gasteiger partial charge in [-0.05, 0) is 12.1 Å². The smallest absolute Gasteiger partial charge is 0.234 e. The van der Waals surface area contributed by atoms with Crippen LogP contribution in [0.5, 0.6) is 0 Å². The highest BCUT2D eigenvalue weighted by atomic mass is 32.1. The van der Waals surface area contributed by atoms with E-state index in [0.717, 1.165) is 12.1 Å². The molecule has 0 bridgehead atoms. The van der Waals surface area contributed by atoms with Gasteiger partial charge in [0.1, 0.15) is 11.6 Å². The Morgan fingerprint density at radius 2 is 2.15 bits per heavy atom. The molecule has 1 rings (SSSR count). The first-order chi connectivity index (χ1) is 6.13. The number of amides is 1. The van der Waals surface area contributed by atoms with Crippen LogP contribution in [0.1, 0.15) is 0 Å². The van der Waals surface area contributed by atoms with E-state index in [1.54, 1.807) is 0 Å². The van der Waals surface area contributed by atoms with Crippen molar-refractivity contribution < 1.29 is 13.6 Å². The molecule has 1 amide bonds. The van der Waals surface area contributed by atoms with Crippen LogP contribution in [0, 0.1) is 11.6 Å². The second-order valence-electron chi connectivity index (χ2n) is 2.33. The first-order valence-corrected chi connectivity index (χ1v) is 4.12. The van der Waals surface area contributed by atoms with Crippen LogP contribution < -0.4 is 5.32 Å². The summed E-state index contributed by atoms with van der Waals surface area (Å²) in [6, 6.07) is 2.93. The van der Waals surface area contributed by atoms with Crippen LogP contribution in [0.25, 0.3) is 0 Å². The molecular weight excluding hydrogens is 196 g/mol. The maximum absolute atomic E-state index is 12.9. The van der Waals surface area contributed by atoms with E-state index in [1.807, 2.05) is 0 Å². The van der Waals surface area contributed by atoms with Crippen LogP contribution in [-0.2, 0) is 4.79 Å². The standard InChI is InChI=1S/C8H7F2NOS/c9-5-1-2-7(6(10)3-5)11-8(12)4-13/h1-3,13H,4H2,(H,11,12). The van der Waals surface area contributed by atoms with Gasteiger partial charge in [0.2, 0.25) is 5.91 Å². The molecule has 0 aliphatic heterocycles. The fourth-order valence-corrected chi connectivity index (χ4v) is 0.860. The van der Waals surface area contributed by atoms with Gasteiger partial charge in [-0.1, -0.05) is 0 Å². The number of hydrogen-bond donors (Lipinski definition) is 2. The van der Waals surface area contributed by atoms with Crippen LogP contribution in [-0.4, -0.2) is 11.7 Å². The monoisotopic (exact) mass is 203 g/mol. The minimum absolute atomic E-state index is 0.0412. The summed E-state index contributed by atoms with van der Waals surface area (Å²) in [5, 5.41) is 2.23. The van der Waals surface area contributed by atoms with Gasteiger partial charge in [0.25, 0.3) is 0 Å². The lowest BCUT2D eigenvalue weighted by atomic mass is 10.3. The number of hydrogen-bond acceptors (Lipinski definition) is 2. The first kappa shape index (κ1) is 9.98. The third kappa shape index (κ3) is 2.69. The third-order valence-corrected chi connectivity index (χ3v) is 1.64. The lowest BCUT2D eigenvalue weighted by molar-refractivity contribution is -0.113.